The quantitative estimate of drug-likeness (QED) is 0.598. The Balaban J connectivity index is 1.85. The third kappa shape index (κ3) is 7.74. The average Bonchev–Trinajstić information content (AvgIpc) is 2.84. The molecule has 0 aromatic heterocycles. The highest BCUT2D eigenvalue weighted by atomic mass is 16.5. The summed E-state index contributed by atoms with van der Waals surface area (Å²) < 4.78 is 11.1. The van der Waals surface area contributed by atoms with Crippen LogP contribution in [0.25, 0.3) is 0 Å². The summed E-state index contributed by atoms with van der Waals surface area (Å²) in [6, 6.07) is 0. The third-order valence-corrected chi connectivity index (χ3v) is 3.37. The maximum atomic E-state index is 5.86. The zero-order valence-corrected chi connectivity index (χ0v) is 11.5. The van der Waals surface area contributed by atoms with Crippen LogP contribution in [0.2, 0.25) is 0 Å². The van der Waals surface area contributed by atoms with Crippen molar-refractivity contribution in [3.63, 3.8) is 0 Å². The van der Waals surface area contributed by atoms with Gasteiger partial charge >= 0.3 is 0 Å². The Morgan fingerprint density at radius 3 is 2.76 bits per heavy atom. The van der Waals surface area contributed by atoms with E-state index in [1.165, 1.54) is 25.7 Å². The first-order valence-corrected chi connectivity index (χ1v) is 7.23. The molecule has 1 atom stereocenters. The number of rotatable bonds is 10. The number of hydrogen-bond acceptors (Lipinski definition) is 3. The average molecular weight is 243 g/mol. The van der Waals surface area contributed by atoms with Gasteiger partial charge in [-0.1, -0.05) is 12.8 Å². The Kier molecular flexibility index (Phi) is 8.67. The van der Waals surface area contributed by atoms with Crippen molar-refractivity contribution in [2.24, 2.45) is 5.92 Å². The van der Waals surface area contributed by atoms with Gasteiger partial charge in [0.05, 0.1) is 6.10 Å². The van der Waals surface area contributed by atoms with Crippen LogP contribution >= 0.6 is 0 Å². The molecule has 0 spiro atoms. The molecule has 17 heavy (non-hydrogen) atoms. The molecule has 0 amide bonds. The number of ether oxygens (including phenoxy) is 2. The van der Waals surface area contributed by atoms with Gasteiger partial charge in [0, 0.05) is 26.4 Å². The lowest BCUT2D eigenvalue weighted by Crippen LogP contribution is -2.29. The minimum absolute atomic E-state index is 0.336. The van der Waals surface area contributed by atoms with Crippen molar-refractivity contribution in [3.05, 3.63) is 0 Å². The number of nitrogens with one attached hydrogen (secondary N) is 1. The van der Waals surface area contributed by atoms with E-state index in [0.717, 1.165) is 45.2 Å². The number of hydrogen-bond donors (Lipinski definition) is 1. The summed E-state index contributed by atoms with van der Waals surface area (Å²) >= 11 is 0. The first kappa shape index (κ1) is 14.9. The van der Waals surface area contributed by atoms with Crippen LogP contribution in [0, 0.1) is 5.92 Å². The van der Waals surface area contributed by atoms with Crippen LogP contribution in [-0.2, 0) is 9.47 Å². The molecular formula is C14H29NO2. The zero-order chi connectivity index (χ0) is 12.3. The molecule has 1 rings (SSSR count). The van der Waals surface area contributed by atoms with Gasteiger partial charge in [0.25, 0.3) is 0 Å². The van der Waals surface area contributed by atoms with Gasteiger partial charge in [0.1, 0.15) is 0 Å². The van der Waals surface area contributed by atoms with Crippen LogP contribution in [0.1, 0.15) is 46.0 Å². The molecule has 1 unspecified atom stereocenters. The minimum atomic E-state index is 0.336. The topological polar surface area (TPSA) is 30.5 Å². The minimum Gasteiger partial charge on any atom is -0.382 e. The predicted molar refractivity (Wildman–Crippen MR) is 71.4 cm³/mol. The molecule has 0 bridgehead atoms. The fourth-order valence-electron chi connectivity index (χ4n) is 2.29. The van der Waals surface area contributed by atoms with Crippen molar-refractivity contribution in [2.75, 3.05) is 32.9 Å². The summed E-state index contributed by atoms with van der Waals surface area (Å²) in [5.41, 5.74) is 0. The molecule has 3 heteroatoms. The Morgan fingerprint density at radius 1 is 1.29 bits per heavy atom. The molecule has 102 valence electrons. The standard InChI is InChI=1S/C14H29NO2/c1-3-16-10-6-9-15-11-13(2)17-12-14-7-4-5-8-14/h13-15H,3-12H2,1-2H3. The highest BCUT2D eigenvalue weighted by Crippen LogP contribution is 2.24. The summed E-state index contributed by atoms with van der Waals surface area (Å²) in [6.45, 7) is 8.82. The SMILES string of the molecule is CCOCCCNCC(C)OCC1CCCC1. The second-order valence-corrected chi connectivity index (χ2v) is 5.05. The van der Waals surface area contributed by atoms with Gasteiger partial charge in [-0.2, -0.15) is 0 Å². The van der Waals surface area contributed by atoms with Crippen LogP contribution < -0.4 is 5.32 Å². The van der Waals surface area contributed by atoms with Crippen molar-refractivity contribution in [1.82, 2.24) is 5.32 Å². The Morgan fingerprint density at radius 2 is 2.06 bits per heavy atom. The maximum absolute atomic E-state index is 5.86. The van der Waals surface area contributed by atoms with Gasteiger partial charge in [-0.3, -0.25) is 0 Å². The van der Waals surface area contributed by atoms with E-state index < -0.39 is 0 Å². The molecule has 0 aromatic carbocycles. The van der Waals surface area contributed by atoms with Crippen LogP contribution in [0.4, 0.5) is 0 Å². The Bertz CT molecular complexity index is 170. The molecule has 3 nitrogen and oxygen atoms in total. The van der Waals surface area contributed by atoms with Gasteiger partial charge in [0.2, 0.25) is 0 Å². The van der Waals surface area contributed by atoms with Crippen molar-refractivity contribution >= 4 is 0 Å². The van der Waals surface area contributed by atoms with Gasteiger partial charge in [-0.05, 0) is 45.6 Å². The van der Waals surface area contributed by atoms with E-state index in [1.807, 2.05) is 6.92 Å². The molecule has 1 aliphatic carbocycles. The second kappa shape index (κ2) is 9.86. The molecule has 1 fully saturated rings. The largest absolute Gasteiger partial charge is 0.382 e. The lowest BCUT2D eigenvalue weighted by Gasteiger charge is -2.16. The van der Waals surface area contributed by atoms with Gasteiger partial charge in [0.15, 0.2) is 0 Å². The fraction of sp³-hybridized carbons (Fsp3) is 1.00. The summed E-state index contributed by atoms with van der Waals surface area (Å²) in [5, 5.41) is 3.41. The first-order valence-electron chi connectivity index (χ1n) is 7.23. The summed E-state index contributed by atoms with van der Waals surface area (Å²) in [6.07, 6.45) is 6.96. The summed E-state index contributed by atoms with van der Waals surface area (Å²) in [4.78, 5) is 0. The lowest BCUT2D eigenvalue weighted by molar-refractivity contribution is 0.0414. The van der Waals surface area contributed by atoms with Crippen molar-refractivity contribution in [3.8, 4) is 0 Å². The molecule has 0 heterocycles. The normalized spacial score (nSPS) is 18.7. The highest BCUT2D eigenvalue weighted by Gasteiger charge is 2.15. The maximum Gasteiger partial charge on any atom is 0.0671 e. The predicted octanol–water partition coefficient (Wildman–Crippen LogP) is 2.60. The van der Waals surface area contributed by atoms with Crippen LogP contribution in [0.3, 0.4) is 0 Å². The van der Waals surface area contributed by atoms with Gasteiger partial charge < -0.3 is 14.8 Å². The molecular weight excluding hydrogens is 214 g/mol. The van der Waals surface area contributed by atoms with Crippen LogP contribution in [0.5, 0.6) is 0 Å². The molecule has 0 aliphatic heterocycles. The zero-order valence-electron chi connectivity index (χ0n) is 11.5. The Hall–Kier alpha value is -0.120. The monoisotopic (exact) mass is 243 g/mol. The third-order valence-electron chi connectivity index (χ3n) is 3.37. The van der Waals surface area contributed by atoms with Crippen LogP contribution in [0.15, 0.2) is 0 Å². The molecule has 0 aromatic rings. The van der Waals surface area contributed by atoms with Crippen LogP contribution in [-0.4, -0.2) is 39.0 Å². The lowest BCUT2D eigenvalue weighted by atomic mass is 10.1. The molecule has 0 radical (unpaired) electrons. The first-order chi connectivity index (χ1) is 8.33. The Labute approximate surface area is 106 Å². The molecule has 1 saturated carbocycles. The van der Waals surface area contributed by atoms with Gasteiger partial charge in [-0.25, -0.2) is 0 Å². The van der Waals surface area contributed by atoms with E-state index in [1.54, 1.807) is 0 Å². The summed E-state index contributed by atoms with van der Waals surface area (Å²) in [5.74, 6) is 0.829. The van der Waals surface area contributed by atoms with Crippen molar-refractivity contribution < 1.29 is 9.47 Å². The van der Waals surface area contributed by atoms with E-state index in [0.29, 0.717) is 6.10 Å². The van der Waals surface area contributed by atoms with Gasteiger partial charge in [-0.15, -0.1) is 0 Å². The van der Waals surface area contributed by atoms with E-state index in [2.05, 4.69) is 12.2 Å². The van der Waals surface area contributed by atoms with E-state index in [-0.39, 0.29) is 0 Å². The second-order valence-electron chi connectivity index (χ2n) is 5.05. The smallest absolute Gasteiger partial charge is 0.0671 e. The molecule has 1 aliphatic rings. The highest BCUT2D eigenvalue weighted by molar-refractivity contribution is 4.67. The van der Waals surface area contributed by atoms with E-state index in [4.69, 9.17) is 9.47 Å². The van der Waals surface area contributed by atoms with Crippen molar-refractivity contribution in [2.45, 2.75) is 52.1 Å². The van der Waals surface area contributed by atoms with E-state index in [9.17, 15) is 0 Å². The molecule has 0 saturated heterocycles. The molecule has 1 N–H and O–H groups in total. The van der Waals surface area contributed by atoms with Crippen molar-refractivity contribution in [1.29, 1.82) is 0 Å². The fourth-order valence-corrected chi connectivity index (χ4v) is 2.29. The van der Waals surface area contributed by atoms with E-state index >= 15 is 0 Å². The summed E-state index contributed by atoms with van der Waals surface area (Å²) in [7, 11) is 0.